The molecule has 1 amide bonds. The normalized spacial score (nSPS) is 11.0. The Morgan fingerprint density at radius 1 is 0.853 bits per heavy atom. The van der Waals surface area contributed by atoms with E-state index in [0.29, 0.717) is 22.3 Å². The Morgan fingerprint density at radius 2 is 1.47 bits per heavy atom. The van der Waals surface area contributed by atoms with E-state index in [-0.39, 0.29) is 5.91 Å². The van der Waals surface area contributed by atoms with Gasteiger partial charge in [0.15, 0.2) is 5.13 Å². The summed E-state index contributed by atoms with van der Waals surface area (Å²) in [6.07, 6.45) is 0.834. The van der Waals surface area contributed by atoms with Crippen LogP contribution in [0.25, 0.3) is 10.2 Å². The second kappa shape index (κ2) is 9.80. The molecule has 0 saturated carbocycles. The Kier molecular flexibility index (Phi) is 6.43. The summed E-state index contributed by atoms with van der Waals surface area (Å²) >= 11 is 7.76. The van der Waals surface area contributed by atoms with E-state index < -0.39 is 0 Å². The number of benzene rings is 4. The zero-order valence-electron chi connectivity index (χ0n) is 18.7. The second-order valence-corrected chi connectivity index (χ2v) is 9.75. The molecule has 5 heteroatoms. The number of carbonyl (C=O) groups is 1. The van der Waals surface area contributed by atoms with Gasteiger partial charge < -0.3 is 0 Å². The van der Waals surface area contributed by atoms with Crippen molar-refractivity contribution in [1.29, 1.82) is 0 Å². The van der Waals surface area contributed by atoms with Gasteiger partial charge in [0.25, 0.3) is 5.91 Å². The molecule has 1 aromatic heterocycles. The average Bonchev–Trinajstić information content (AvgIpc) is 3.28. The van der Waals surface area contributed by atoms with Crippen LogP contribution in [0.3, 0.4) is 0 Å². The summed E-state index contributed by atoms with van der Waals surface area (Å²) in [5, 5.41) is 1.35. The van der Waals surface area contributed by atoms with Crippen molar-refractivity contribution in [3.8, 4) is 0 Å². The van der Waals surface area contributed by atoms with Crippen molar-refractivity contribution in [2.24, 2.45) is 0 Å². The van der Waals surface area contributed by atoms with Crippen LogP contribution in [0.5, 0.6) is 0 Å². The summed E-state index contributed by atoms with van der Waals surface area (Å²) in [6.45, 7) is 2.44. The lowest BCUT2D eigenvalue weighted by Crippen LogP contribution is -2.30. The summed E-state index contributed by atoms with van der Waals surface area (Å²) in [4.78, 5) is 20.3. The van der Waals surface area contributed by atoms with Gasteiger partial charge in [0, 0.05) is 10.6 Å². The van der Waals surface area contributed by atoms with Crippen molar-refractivity contribution >= 4 is 44.2 Å². The molecular formula is C29H23ClN2OS. The number of hydrogen-bond donors (Lipinski definition) is 0. The quantitative estimate of drug-likeness (QED) is 0.248. The van der Waals surface area contributed by atoms with E-state index in [1.165, 1.54) is 22.5 Å². The number of thiazole rings is 1. The van der Waals surface area contributed by atoms with Gasteiger partial charge in [-0.3, -0.25) is 9.69 Å². The fraction of sp³-hybridized carbons (Fsp3) is 0.103. The molecule has 0 spiro atoms. The largest absolute Gasteiger partial charge is 0.279 e. The molecule has 0 aliphatic carbocycles. The molecule has 0 saturated heterocycles. The number of nitrogens with zero attached hydrogens (tertiary/aromatic N) is 2. The predicted octanol–water partition coefficient (Wildman–Crippen LogP) is 7.70. The predicted molar refractivity (Wildman–Crippen MR) is 142 cm³/mol. The minimum absolute atomic E-state index is 0.0714. The molecular weight excluding hydrogens is 460 g/mol. The highest BCUT2D eigenvalue weighted by atomic mass is 35.5. The molecule has 168 valence electrons. The molecule has 34 heavy (non-hydrogen) atoms. The summed E-state index contributed by atoms with van der Waals surface area (Å²) in [6, 6.07) is 32.0. The van der Waals surface area contributed by atoms with Crippen LogP contribution in [0.2, 0.25) is 5.02 Å². The van der Waals surface area contributed by atoms with E-state index in [2.05, 4.69) is 12.1 Å². The van der Waals surface area contributed by atoms with Gasteiger partial charge in [-0.25, -0.2) is 4.98 Å². The summed E-state index contributed by atoms with van der Waals surface area (Å²) in [7, 11) is 0. The molecule has 0 atom stereocenters. The number of rotatable bonds is 6. The zero-order chi connectivity index (χ0) is 23.5. The fourth-order valence-corrected chi connectivity index (χ4v) is 5.42. The molecule has 4 aromatic carbocycles. The lowest BCUT2D eigenvalue weighted by molar-refractivity contribution is 0.0985. The Hall–Kier alpha value is -3.47. The van der Waals surface area contributed by atoms with Gasteiger partial charge in [0.05, 0.1) is 16.8 Å². The molecule has 0 aliphatic rings. The van der Waals surface area contributed by atoms with E-state index >= 15 is 0 Å². The third-order valence-corrected chi connectivity index (χ3v) is 6.99. The van der Waals surface area contributed by atoms with Crippen LogP contribution < -0.4 is 4.90 Å². The smallest absolute Gasteiger partial charge is 0.260 e. The number of aryl methyl sites for hydroxylation is 1. The number of halogens is 1. The van der Waals surface area contributed by atoms with Crippen molar-refractivity contribution in [3.63, 3.8) is 0 Å². The van der Waals surface area contributed by atoms with E-state index in [9.17, 15) is 4.79 Å². The zero-order valence-corrected chi connectivity index (χ0v) is 20.3. The first-order chi connectivity index (χ1) is 16.6. The average molecular weight is 483 g/mol. The molecule has 3 nitrogen and oxygen atoms in total. The van der Waals surface area contributed by atoms with Crippen LogP contribution in [0.4, 0.5) is 5.13 Å². The van der Waals surface area contributed by atoms with E-state index in [4.69, 9.17) is 16.6 Å². The van der Waals surface area contributed by atoms with Crippen molar-refractivity contribution in [3.05, 3.63) is 130 Å². The highest BCUT2D eigenvalue weighted by Crippen LogP contribution is 2.34. The van der Waals surface area contributed by atoms with Crippen LogP contribution in [-0.2, 0) is 13.0 Å². The van der Waals surface area contributed by atoms with Crippen molar-refractivity contribution < 1.29 is 4.79 Å². The minimum atomic E-state index is -0.0714. The van der Waals surface area contributed by atoms with E-state index in [1.54, 1.807) is 4.90 Å². The number of carbonyl (C=O) groups excluding carboxylic acids is 1. The van der Waals surface area contributed by atoms with Crippen LogP contribution in [0, 0.1) is 6.92 Å². The first kappa shape index (κ1) is 22.3. The highest BCUT2D eigenvalue weighted by molar-refractivity contribution is 7.22. The number of fused-ring (bicyclic) bond motifs is 1. The van der Waals surface area contributed by atoms with Gasteiger partial charge >= 0.3 is 0 Å². The topological polar surface area (TPSA) is 33.2 Å². The molecule has 5 rings (SSSR count). The van der Waals surface area contributed by atoms with Gasteiger partial charge in [-0.05, 0) is 59.9 Å². The van der Waals surface area contributed by atoms with Gasteiger partial charge in [0.1, 0.15) is 0 Å². The van der Waals surface area contributed by atoms with Crippen LogP contribution in [-0.4, -0.2) is 10.9 Å². The number of aromatic nitrogens is 1. The SMILES string of the molecule is Cc1cc(Cl)cc2sc(N(Cc3ccccc3)C(=O)c3ccc(Cc4ccccc4)cc3)nc12. The summed E-state index contributed by atoms with van der Waals surface area (Å²) in [5.41, 5.74) is 5.99. The molecule has 0 aliphatic heterocycles. The van der Waals surface area contributed by atoms with Gasteiger partial charge in [-0.15, -0.1) is 0 Å². The minimum Gasteiger partial charge on any atom is -0.279 e. The molecule has 0 radical (unpaired) electrons. The highest BCUT2D eigenvalue weighted by Gasteiger charge is 2.22. The maximum absolute atomic E-state index is 13.7. The van der Waals surface area contributed by atoms with Gasteiger partial charge in [0.2, 0.25) is 0 Å². The number of hydrogen-bond acceptors (Lipinski definition) is 3. The Bertz CT molecular complexity index is 1430. The van der Waals surface area contributed by atoms with E-state index in [1.807, 2.05) is 91.9 Å². The Morgan fingerprint density at radius 3 is 2.15 bits per heavy atom. The van der Waals surface area contributed by atoms with Gasteiger partial charge in [-0.1, -0.05) is 95.7 Å². The summed E-state index contributed by atoms with van der Waals surface area (Å²) in [5.74, 6) is -0.0714. The third-order valence-electron chi connectivity index (χ3n) is 5.75. The van der Waals surface area contributed by atoms with Crippen LogP contribution in [0.1, 0.15) is 32.6 Å². The molecule has 0 fully saturated rings. The first-order valence-electron chi connectivity index (χ1n) is 11.1. The Labute approximate surface area is 208 Å². The molecule has 0 bridgehead atoms. The van der Waals surface area contributed by atoms with Crippen LogP contribution in [0.15, 0.2) is 97.1 Å². The number of anilines is 1. The molecule has 0 unspecified atom stereocenters. The molecule has 5 aromatic rings. The standard InChI is InChI=1S/C29H23ClN2OS/c1-20-16-25(30)18-26-27(20)31-29(34-26)32(19-23-10-6-3-7-11-23)28(33)24-14-12-22(13-15-24)17-21-8-4-2-5-9-21/h2-16,18H,17,19H2,1H3. The molecule has 0 N–H and O–H groups in total. The third kappa shape index (κ3) is 4.89. The van der Waals surface area contributed by atoms with Crippen molar-refractivity contribution in [2.45, 2.75) is 19.9 Å². The maximum atomic E-state index is 13.7. The lowest BCUT2D eigenvalue weighted by Gasteiger charge is -2.20. The fourth-order valence-electron chi connectivity index (χ4n) is 4.00. The monoisotopic (exact) mass is 482 g/mol. The van der Waals surface area contributed by atoms with Gasteiger partial charge in [-0.2, -0.15) is 0 Å². The maximum Gasteiger partial charge on any atom is 0.260 e. The molecule has 1 heterocycles. The van der Waals surface area contributed by atoms with Crippen molar-refractivity contribution in [2.75, 3.05) is 4.90 Å². The van der Waals surface area contributed by atoms with E-state index in [0.717, 1.165) is 27.8 Å². The van der Waals surface area contributed by atoms with Crippen LogP contribution >= 0.6 is 22.9 Å². The lowest BCUT2D eigenvalue weighted by atomic mass is 10.0. The number of amides is 1. The van der Waals surface area contributed by atoms with Crippen molar-refractivity contribution in [1.82, 2.24) is 4.98 Å². The summed E-state index contributed by atoms with van der Waals surface area (Å²) < 4.78 is 0.976. The Balaban J connectivity index is 1.47. The first-order valence-corrected chi connectivity index (χ1v) is 12.3. The second-order valence-electron chi connectivity index (χ2n) is 8.30.